The summed E-state index contributed by atoms with van der Waals surface area (Å²) < 4.78 is 29.0. The number of nitrogens with zero attached hydrogens (tertiary/aromatic N) is 3. The van der Waals surface area contributed by atoms with E-state index in [2.05, 4.69) is 4.98 Å². The summed E-state index contributed by atoms with van der Waals surface area (Å²) in [5.74, 6) is -1.39. The van der Waals surface area contributed by atoms with Crippen LogP contribution in [0.15, 0.2) is 48.9 Å². The average Bonchev–Trinajstić information content (AvgIpc) is 3.13. The van der Waals surface area contributed by atoms with Crippen molar-refractivity contribution in [2.24, 2.45) is 5.92 Å². The molecule has 0 spiro atoms. The highest BCUT2D eigenvalue weighted by Gasteiger charge is 2.25. The van der Waals surface area contributed by atoms with Crippen molar-refractivity contribution in [1.82, 2.24) is 14.3 Å². The van der Waals surface area contributed by atoms with Gasteiger partial charge in [-0.25, -0.2) is 13.8 Å². The van der Waals surface area contributed by atoms with Crippen molar-refractivity contribution >= 4 is 11.4 Å². The van der Waals surface area contributed by atoms with Gasteiger partial charge >= 0.3 is 0 Å². The topological polar surface area (TPSA) is 37.6 Å². The molecule has 3 heterocycles. The van der Waals surface area contributed by atoms with Gasteiger partial charge in [-0.05, 0) is 55.0 Å². The molecule has 4 nitrogen and oxygen atoms in total. The summed E-state index contributed by atoms with van der Waals surface area (Å²) in [5, 5.41) is 0. The first-order chi connectivity index (χ1) is 12.6. The van der Waals surface area contributed by atoms with Crippen LogP contribution in [0.4, 0.5) is 8.78 Å². The quantitative estimate of drug-likeness (QED) is 0.718. The molecule has 3 aromatic rings. The van der Waals surface area contributed by atoms with E-state index in [1.54, 1.807) is 23.4 Å². The van der Waals surface area contributed by atoms with Gasteiger partial charge in [0.15, 0.2) is 11.6 Å². The predicted octanol–water partition coefficient (Wildman–Crippen LogP) is 3.71. The molecule has 1 fully saturated rings. The first-order valence-corrected chi connectivity index (χ1v) is 8.76. The second-order valence-electron chi connectivity index (χ2n) is 6.77. The van der Waals surface area contributed by atoms with E-state index in [0.717, 1.165) is 24.4 Å². The number of hydrogen-bond acceptors (Lipinski definition) is 2. The Labute approximate surface area is 150 Å². The Hall–Kier alpha value is -2.76. The number of halogens is 2. The van der Waals surface area contributed by atoms with Crippen LogP contribution in [0.25, 0.3) is 5.52 Å². The highest BCUT2D eigenvalue weighted by Crippen LogP contribution is 2.24. The van der Waals surface area contributed by atoms with Crippen LogP contribution >= 0.6 is 0 Å². The van der Waals surface area contributed by atoms with Gasteiger partial charge in [-0.1, -0.05) is 12.1 Å². The lowest BCUT2D eigenvalue weighted by molar-refractivity contribution is 0.0684. The number of carbonyl (C=O) groups excluding carboxylic acids is 1. The second kappa shape index (κ2) is 6.86. The highest BCUT2D eigenvalue weighted by atomic mass is 19.2. The van der Waals surface area contributed by atoms with E-state index in [0.29, 0.717) is 30.8 Å². The smallest absolute Gasteiger partial charge is 0.272 e. The predicted molar refractivity (Wildman–Crippen MR) is 93.9 cm³/mol. The van der Waals surface area contributed by atoms with E-state index in [1.807, 2.05) is 22.7 Å². The van der Waals surface area contributed by atoms with Crippen molar-refractivity contribution in [2.75, 3.05) is 13.1 Å². The van der Waals surface area contributed by atoms with Crippen LogP contribution in [0.3, 0.4) is 0 Å². The minimum Gasteiger partial charge on any atom is -0.337 e. The molecule has 0 bridgehead atoms. The van der Waals surface area contributed by atoms with Gasteiger partial charge in [-0.15, -0.1) is 0 Å². The maximum absolute atomic E-state index is 13.8. The molecule has 26 heavy (non-hydrogen) atoms. The highest BCUT2D eigenvalue weighted by molar-refractivity contribution is 5.93. The molecule has 1 aromatic carbocycles. The number of fused-ring (bicyclic) bond motifs is 1. The van der Waals surface area contributed by atoms with Gasteiger partial charge < -0.3 is 9.30 Å². The Balaban J connectivity index is 1.39. The molecule has 134 valence electrons. The molecule has 6 heteroatoms. The van der Waals surface area contributed by atoms with E-state index in [9.17, 15) is 13.6 Å². The largest absolute Gasteiger partial charge is 0.337 e. The Morgan fingerprint density at radius 1 is 1.15 bits per heavy atom. The minimum absolute atomic E-state index is 0.0795. The second-order valence-corrected chi connectivity index (χ2v) is 6.77. The number of benzene rings is 1. The fourth-order valence-corrected chi connectivity index (χ4v) is 3.57. The third-order valence-electron chi connectivity index (χ3n) is 5.08. The molecule has 4 rings (SSSR count). The maximum atomic E-state index is 13.8. The third-order valence-corrected chi connectivity index (χ3v) is 5.08. The zero-order chi connectivity index (χ0) is 18.1. The Morgan fingerprint density at radius 3 is 2.77 bits per heavy atom. The van der Waals surface area contributed by atoms with E-state index in [4.69, 9.17) is 0 Å². The van der Waals surface area contributed by atoms with Gasteiger partial charge in [-0.3, -0.25) is 4.79 Å². The molecule has 0 atom stereocenters. The summed E-state index contributed by atoms with van der Waals surface area (Å²) >= 11 is 0. The molecule has 1 saturated heterocycles. The van der Waals surface area contributed by atoms with Gasteiger partial charge in [-0.2, -0.15) is 0 Å². The summed E-state index contributed by atoms with van der Waals surface area (Å²) in [5.41, 5.74) is 1.78. The fraction of sp³-hybridized carbons (Fsp3) is 0.300. The number of aromatic nitrogens is 2. The van der Waals surface area contributed by atoms with Crippen LogP contribution in [0, 0.1) is 17.6 Å². The van der Waals surface area contributed by atoms with Crippen LogP contribution < -0.4 is 0 Å². The number of likely N-dealkylation sites (tertiary alicyclic amines) is 1. The van der Waals surface area contributed by atoms with Crippen molar-refractivity contribution < 1.29 is 13.6 Å². The van der Waals surface area contributed by atoms with Gasteiger partial charge in [0.25, 0.3) is 5.91 Å². The van der Waals surface area contributed by atoms with Crippen molar-refractivity contribution in [3.63, 3.8) is 0 Å². The van der Waals surface area contributed by atoms with Crippen molar-refractivity contribution in [1.29, 1.82) is 0 Å². The zero-order valence-electron chi connectivity index (χ0n) is 14.2. The summed E-state index contributed by atoms with van der Waals surface area (Å²) in [6, 6.07) is 9.93. The van der Waals surface area contributed by atoms with E-state index in [1.165, 1.54) is 6.07 Å². The van der Waals surface area contributed by atoms with Crippen LogP contribution in [-0.2, 0) is 6.42 Å². The molecular weight excluding hydrogens is 336 g/mol. The standard InChI is InChI=1S/C20H19F2N3O/c21-17-5-1-3-15(19(17)22)11-14-6-9-24(10-7-14)20(26)18-12-16-4-2-8-25(16)13-23-18/h1-5,8,12-14H,6-7,9-11H2. The van der Waals surface area contributed by atoms with Crippen LogP contribution in [-0.4, -0.2) is 33.3 Å². The van der Waals surface area contributed by atoms with Crippen LogP contribution in [0.2, 0.25) is 0 Å². The molecule has 0 saturated carbocycles. The van der Waals surface area contributed by atoms with E-state index < -0.39 is 11.6 Å². The van der Waals surface area contributed by atoms with Gasteiger partial charge in [0.05, 0.1) is 6.33 Å². The van der Waals surface area contributed by atoms with E-state index in [-0.39, 0.29) is 11.8 Å². The van der Waals surface area contributed by atoms with E-state index >= 15 is 0 Å². The lowest BCUT2D eigenvalue weighted by Gasteiger charge is -2.32. The number of hydrogen-bond donors (Lipinski definition) is 0. The number of piperidine rings is 1. The molecule has 1 aliphatic rings. The molecule has 0 N–H and O–H groups in total. The monoisotopic (exact) mass is 355 g/mol. The molecule has 0 aliphatic carbocycles. The van der Waals surface area contributed by atoms with Gasteiger partial charge in [0.1, 0.15) is 5.69 Å². The van der Waals surface area contributed by atoms with Crippen molar-refractivity contribution in [2.45, 2.75) is 19.3 Å². The molecular formula is C20H19F2N3O. The summed E-state index contributed by atoms with van der Waals surface area (Å²) in [7, 11) is 0. The van der Waals surface area contributed by atoms with Crippen molar-refractivity contribution in [3.8, 4) is 0 Å². The Morgan fingerprint density at radius 2 is 1.96 bits per heavy atom. The lowest BCUT2D eigenvalue weighted by atomic mass is 9.90. The Bertz CT molecular complexity index is 945. The summed E-state index contributed by atoms with van der Waals surface area (Å²) in [4.78, 5) is 18.7. The van der Waals surface area contributed by atoms with Crippen molar-refractivity contribution in [3.05, 3.63) is 71.8 Å². The molecule has 0 unspecified atom stereocenters. The number of carbonyl (C=O) groups is 1. The average molecular weight is 355 g/mol. The minimum atomic E-state index is -0.804. The zero-order valence-corrected chi connectivity index (χ0v) is 14.2. The Kier molecular flexibility index (Phi) is 4.41. The van der Waals surface area contributed by atoms with Crippen LogP contribution in [0.5, 0.6) is 0 Å². The molecule has 0 radical (unpaired) electrons. The SMILES string of the molecule is O=C(c1cc2cccn2cn1)N1CCC(Cc2cccc(F)c2F)CC1. The summed E-state index contributed by atoms with van der Waals surface area (Å²) in [6.45, 7) is 1.21. The number of rotatable bonds is 3. The molecule has 2 aromatic heterocycles. The first kappa shape index (κ1) is 16.7. The first-order valence-electron chi connectivity index (χ1n) is 8.76. The summed E-state index contributed by atoms with van der Waals surface area (Å²) in [6.07, 6.45) is 5.57. The molecule has 1 aliphatic heterocycles. The van der Waals surface area contributed by atoms with Gasteiger partial charge in [0, 0.05) is 24.8 Å². The lowest BCUT2D eigenvalue weighted by Crippen LogP contribution is -2.39. The van der Waals surface area contributed by atoms with Gasteiger partial charge in [0.2, 0.25) is 0 Å². The fourth-order valence-electron chi connectivity index (χ4n) is 3.57. The van der Waals surface area contributed by atoms with Crippen LogP contribution in [0.1, 0.15) is 28.9 Å². The normalized spacial score (nSPS) is 15.5. The molecule has 1 amide bonds. The third kappa shape index (κ3) is 3.19. The number of amides is 1. The maximum Gasteiger partial charge on any atom is 0.272 e.